The number of carbonyl (C=O) groups is 1. The van der Waals surface area contributed by atoms with Gasteiger partial charge in [-0.2, -0.15) is 5.26 Å². The Morgan fingerprint density at radius 2 is 2.12 bits per heavy atom. The Morgan fingerprint density at radius 3 is 2.69 bits per heavy atom. The minimum Gasteiger partial charge on any atom is -0.370 e. The molecule has 0 fully saturated rings. The third-order valence-electron chi connectivity index (χ3n) is 1.75. The van der Waals surface area contributed by atoms with Gasteiger partial charge in [-0.25, -0.2) is 0 Å². The fraction of sp³-hybridized carbons (Fsp3) is 0.273. The highest BCUT2D eigenvalue weighted by molar-refractivity contribution is 6.17. The maximum atomic E-state index is 11.3. The summed E-state index contributed by atoms with van der Waals surface area (Å²) in [5, 5.41) is 11.2. The SMILES string of the molecule is N#Cc1ccc(NC(=O)COCCCl)cc1. The third-order valence-corrected chi connectivity index (χ3v) is 1.91. The summed E-state index contributed by atoms with van der Waals surface area (Å²) in [5.74, 6) is 0.124. The smallest absolute Gasteiger partial charge is 0.250 e. The van der Waals surface area contributed by atoms with Crippen molar-refractivity contribution in [1.82, 2.24) is 0 Å². The van der Waals surface area contributed by atoms with Gasteiger partial charge in [-0.1, -0.05) is 0 Å². The van der Waals surface area contributed by atoms with E-state index in [0.717, 1.165) is 0 Å². The Morgan fingerprint density at radius 1 is 1.44 bits per heavy atom. The largest absolute Gasteiger partial charge is 0.370 e. The van der Waals surface area contributed by atoms with E-state index in [1.807, 2.05) is 6.07 Å². The molecule has 0 saturated heterocycles. The highest BCUT2D eigenvalue weighted by atomic mass is 35.5. The predicted molar refractivity (Wildman–Crippen MR) is 61.3 cm³/mol. The van der Waals surface area contributed by atoms with E-state index in [2.05, 4.69) is 5.32 Å². The molecule has 1 aromatic carbocycles. The van der Waals surface area contributed by atoms with Crippen molar-refractivity contribution in [3.05, 3.63) is 29.8 Å². The van der Waals surface area contributed by atoms with Crippen LogP contribution in [0.4, 0.5) is 5.69 Å². The van der Waals surface area contributed by atoms with Gasteiger partial charge in [0, 0.05) is 11.6 Å². The van der Waals surface area contributed by atoms with Crippen LogP contribution in [0.2, 0.25) is 0 Å². The normalized spacial score (nSPS) is 9.50. The monoisotopic (exact) mass is 238 g/mol. The first-order valence-electron chi connectivity index (χ1n) is 4.70. The number of hydrogen-bond donors (Lipinski definition) is 1. The van der Waals surface area contributed by atoms with Gasteiger partial charge in [-0.15, -0.1) is 11.6 Å². The Labute approximate surface area is 98.8 Å². The predicted octanol–water partition coefficient (Wildman–Crippen LogP) is 1.75. The van der Waals surface area contributed by atoms with Crippen LogP contribution in [-0.4, -0.2) is 25.0 Å². The van der Waals surface area contributed by atoms with E-state index in [1.54, 1.807) is 24.3 Å². The number of hydrogen-bond acceptors (Lipinski definition) is 3. The van der Waals surface area contributed by atoms with Crippen molar-refractivity contribution in [2.45, 2.75) is 0 Å². The number of anilines is 1. The summed E-state index contributed by atoms with van der Waals surface area (Å²) in [6, 6.07) is 8.60. The van der Waals surface area contributed by atoms with Crippen molar-refractivity contribution in [2.24, 2.45) is 0 Å². The highest BCUT2D eigenvalue weighted by Crippen LogP contribution is 2.08. The number of carbonyl (C=O) groups excluding carboxylic acids is 1. The summed E-state index contributed by atoms with van der Waals surface area (Å²) >= 11 is 5.39. The third kappa shape index (κ3) is 4.30. The lowest BCUT2D eigenvalue weighted by molar-refractivity contribution is -0.120. The molecule has 1 amide bonds. The molecule has 0 heterocycles. The first-order chi connectivity index (χ1) is 7.76. The van der Waals surface area contributed by atoms with Crippen LogP contribution < -0.4 is 5.32 Å². The molecular weight excluding hydrogens is 228 g/mol. The van der Waals surface area contributed by atoms with Crippen LogP contribution >= 0.6 is 11.6 Å². The molecule has 0 aliphatic heterocycles. The standard InChI is InChI=1S/C11H11ClN2O2/c12-5-6-16-8-11(15)14-10-3-1-9(7-13)2-4-10/h1-4H,5-6,8H2,(H,14,15). The lowest BCUT2D eigenvalue weighted by Crippen LogP contribution is -2.18. The van der Waals surface area contributed by atoms with Crippen LogP contribution in [0.15, 0.2) is 24.3 Å². The molecule has 84 valence electrons. The molecule has 0 radical (unpaired) electrons. The Kier molecular flexibility index (Phi) is 5.34. The molecule has 0 saturated carbocycles. The van der Waals surface area contributed by atoms with Crippen molar-refractivity contribution in [3.8, 4) is 6.07 Å². The van der Waals surface area contributed by atoms with Crippen molar-refractivity contribution in [1.29, 1.82) is 5.26 Å². The van der Waals surface area contributed by atoms with E-state index in [9.17, 15) is 4.79 Å². The van der Waals surface area contributed by atoms with Crippen LogP contribution in [0, 0.1) is 11.3 Å². The average molecular weight is 239 g/mol. The quantitative estimate of drug-likeness (QED) is 0.628. The number of alkyl halides is 1. The maximum absolute atomic E-state index is 11.3. The molecule has 1 aromatic rings. The zero-order valence-corrected chi connectivity index (χ0v) is 9.33. The topological polar surface area (TPSA) is 62.1 Å². The van der Waals surface area contributed by atoms with Gasteiger partial charge >= 0.3 is 0 Å². The van der Waals surface area contributed by atoms with Crippen LogP contribution in [0.5, 0.6) is 0 Å². The molecule has 1 N–H and O–H groups in total. The maximum Gasteiger partial charge on any atom is 0.250 e. The number of ether oxygens (including phenoxy) is 1. The van der Waals surface area contributed by atoms with Crippen LogP contribution in [-0.2, 0) is 9.53 Å². The summed E-state index contributed by atoms with van der Waals surface area (Å²) in [7, 11) is 0. The van der Waals surface area contributed by atoms with Crippen LogP contribution in [0.1, 0.15) is 5.56 Å². The Bertz CT molecular complexity index is 384. The molecule has 4 nitrogen and oxygen atoms in total. The van der Waals surface area contributed by atoms with E-state index < -0.39 is 0 Å². The minimum absolute atomic E-state index is 0.0211. The average Bonchev–Trinajstić information content (AvgIpc) is 2.30. The van der Waals surface area contributed by atoms with Gasteiger partial charge in [0.05, 0.1) is 18.2 Å². The number of amides is 1. The van der Waals surface area contributed by atoms with Gasteiger partial charge in [0.15, 0.2) is 0 Å². The van der Waals surface area contributed by atoms with Crippen LogP contribution in [0.25, 0.3) is 0 Å². The minimum atomic E-state index is -0.241. The fourth-order valence-electron chi connectivity index (χ4n) is 1.04. The van der Waals surface area contributed by atoms with Crippen molar-refractivity contribution in [2.75, 3.05) is 24.4 Å². The van der Waals surface area contributed by atoms with Gasteiger partial charge in [-0.3, -0.25) is 4.79 Å². The fourth-order valence-corrected chi connectivity index (χ4v) is 1.15. The van der Waals surface area contributed by atoms with E-state index >= 15 is 0 Å². The lowest BCUT2D eigenvalue weighted by atomic mass is 10.2. The van der Waals surface area contributed by atoms with Gasteiger partial charge in [0.1, 0.15) is 6.61 Å². The molecule has 0 atom stereocenters. The number of nitriles is 1. The molecule has 0 aliphatic carbocycles. The summed E-state index contributed by atoms with van der Waals surface area (Å²) < 4.78 is 4.97. The summed E-state index contributed by atoms with van der Waals surface area (Å²) in [5.41, 5.74) is 1.19. The van der Waals surface area contributed by atoms with E-state index in [-0.39, 0.29) is 12.5 Å². The number of benzene rings is 1. The van der Waals surface area contributed by atoms with Gasteiger partial charge in [0.2, 0.25) is 5.91 Å². The van der Waals surface area contributed by atoms with Crippen molar-refractivity contribution >= 4 is 23.2 Å². The second-order valence-electron chi connectivity index (χ2n) is 2.98. The summed E-state index contributed by atoms with van der Waals surface area (Å²) in [4.78, 5) is 11.3. The van der Waals surface area contributed by atoms with E-state index in [0.29, 0.717) is 23.7 Å². The van der Waals surface area contributed by atoms with E-state index in [4.69, 9.17) is 21.6 Å². The van der Waals surface area contributed by atoms with E-state index in [1.165, 1.54) is 0 Å². The lowest BCUT2D eigenvalue weighted by Gasteiger charge is -2.05. The molecule has 1 rings (SSSR count). The molecule has 0 spiro atoms. The highest BCUT2D eigenvalue weighted by Gasteiger charge is 2.01. The molecule has 16 heavy (non-hydrogen) atoms. The number of nitrogens with one attached hydrogen (secondary N) is 1. The molecule has 0 aromatic heterocycles. The zero-order chi connectivity index (χ0) is 11.8. The second kappa shape index (κ2) is 6.83. The number of nitrogens with zero attached hydrogens (tertiary/aromatic N) is 1. The molecule has 0 unspecified atom stereocenters. The second-order valence-corrected chi connectivity index (χ2v) is 3.36. The number of halogens is 1. The van der Waals surface area contributed by atoms with Gasteiger partial charge in [0.25, 0.3) is 0 Å². The molecular formula is C11H11ClN2O2. The first kappa shape index (κ1) is 12.5. The van der Waals surface area contributed by atoms with Crippen LogP contribution in [0.3, 0.4) is 0 Å². The zero-order valence-electron chi connectivity index (χ0n) is 8.57. The Hall–Kier alpha value is -1.57. The molecule has 0 bridgehead atoms. The first-order valence-corrected chi connectivity index (χ1v) is 5.23. The summed E-state index contributed by atoms with van der Waals surface area (Å²) in [6.45, 7) is 0.328. The van der Waals surface area contributed by atoms with Crippen molar-refractivity contribution < 1.29 is 9.53 Å². The number of rotatable bonds is 5. The Balaban J connectivity index is 2.41. The molecule has 0 aliphatic rings. The molecule has 5 heteroatoms. The van der Waals surface area contributed by atoms with Crippen molar-refractivity contribution in [3.63, 3.8) is 0 Å². The summed E-state index contributed by atoms with van der Waals surface area (Å²) in [6.07, 6.45) is 0. The van der Waals surface area contributed by atoms with Gasteiger partial charge < -0.3 is 10.1 Å². The van der Waals surface area contributed by atoms with Gasteiger partial charge in [-0.05, 0) is 24.3 Å².